The van der Waals surface area contributed by atoms with Gasteiger partial charge in [0.05, 0.1) is 18.2 Å². The summed E-state index contributed by atoms with van der Waals surface area (Å²) in [5.41, 5.74) is 4.44. The number of fused-ring (bicyclic) bond motifs is 1. The maximum Gasteiger partial charge on any atom is 0.251 e. The molecular weight excluding hydrogens is 312 g/mol. The zero-order chi connectivity index (χ0) is 17.4. The van der Waals surface area contributed by atoms with Gasteiger partial charge in [0, 0.05) is 6.04 Å². The summed E-state index contributed by atoms with van der Waals surface area (Å²) in [4.78, 5) is 26.8. The number of carbonyl (C=O) groups is 2. The first-order valence-corrected chi connectivity index (χ1v) is 8.95. The molecule has 0 spiro atoms. The van der Waals surface area contributed by atoms with Crippen LogP contribution in [0.5, 0.6) is 0 Å². The topological polar surface area (TPSA) is 49.4 Å². The van der Waals surface area contributed by atoms with Crippen LogP contribution < -0.4 is 10.2 Å². The van der Waals surface area contributed by atoms with Crippen molar-refractivity contribution in [3.05, 3.63) is 65.2 Å². The number of hydrogen-bond donors (Lipinski definition) is 1. The van der Waals surface area contributed by atoms with Crippen LogP contribution in [0.2, 0.25) is 0 Å². The van der Waals surface area contributed by atoms with Crippen LogP contribution >= 0.6 is 0 Å². The summed E-state index contributed by atoms with van der Waals surface area (Å²) in [5, 5.41) is 3.43. The Hall–Kier alpha value is -2.46. The molecule has 1 aliphatic heterocycles. The van der Waals surface area contributed by atoms with Gasteiger partial charge < -0.3 is 5.32 Å². The van der Waals surface area contributed by atoms with Crippen molar-refractivity contribution >= 4 is 17.5 Å². The molecule has 25 heavy (non-hydrogen) atoms. The number of carbonyl (C=O) groups excluding carboxylic acids is 2. The van der Waals surface area contributed by atoms with Crippen LogP contribution in [0, 0.1) is 0 Å². The lowest BCUT2D eigenvalue weighted by Gasteiger charge is -2.20. The van der Waals surface area contributed by atoms with E-state index in [0.29, 0.717) is 0 Å². The molecule has 1 saturated heterocycles. The molecule has 0 radical (unpaired) electrons. The Kier molecular flexibility index (Phi) is 4.14. The minimum Gasteiger partial charge on any atom is -0.302 e. The highest BCUT2D eigenvalue weighted by molar-refractivity contribution is 6.22. The molecule has 4 nitrogen and oxygen atoms in total. The van der Waals surface area contributed by atoms with Crippen LogP contribution in [-0.4, -0.2) is 23.9 Å². The molecule has 1 atom stereocenters. The van der Waals surface area contributed by atoms with Gasteiger partial charge in [-0.3, -0.25) is 9.59 Å². The molecule has 1 aliphatic carbocycles. The van der Waals surface area contributed by atoms with Crippen molar-refractivity contribution in [3.63, 3.8) is 0 Å². The van der Waals surface area contributed by atoms with Crippen molar-refractivity contribution in [3.8, 4) is 0 Å². The fourth-order valence-corrected chi connectivity index (χ4v) is 4.00. The Morgan fingerprint density at radius 3 is 2.28 bits per heavy atom. The first-order valence-electron chi connectivity index (χ1n) is 8.95. The van der Waals surface area contributed by atoms with E-state index in [9.17, 15) is 9.59 Å². The second-order valence-electron chi connectivity index (χ2n) is 6.85. The van der Waals surface area contributed by atoms with Crippen LogP contribution in [0.15, 0.2) is 48.5 Å². The summed E-state index contributed by atoms with van der Waals surface area (Å²) in [6, 6.07) is 15.8. The zero-order valence-electron chi connectivity index (χ0n) is 14.4. The summed E-state index contributed by atoms with van der Waals surface area (Å²) in [6.45, 7) is 2.04. The Labute approximate surface area is 147 Å². The number of aryl methyl sites for hydroxylation is 1. The van der Waals surface area contributed by atoms with E-state index >= 15 is 0 Å². The maximum absolute atomic E-state index is 12.9. The molecular formula is C21H22N2O2. The van der Waals surface area contributed by atoms with Crippen LogP contribution in [-0.2, 0) is 28.9 Å². The summed E-state index contributed by atoms with van der Waals surface area (Å²) in [7, 11) is 0. The minimum absolute atomic E-state index is 0.112. The van der Waals surface area contributed by atoms with Gasteiger partial charge in [0.2, 0.25) is 5.91 Å². The molecule has 2 aromatic carbocycles. The van der Waals surface area contributed by atoms with Crippen molar-refractivity contribution in [1.82, 2.24) is 5.32 Å². The summed E-state index contributed by atoms with van der Waals surface area (Å²) < 4.78 is 0. The number of benzene rings is 2. The van der Waals surface area contributed by atoms with Gasteiger partial charge in [-0.25, -0.2) is 4.90 Å². The molecule has 2 aliphatic rings. The maximum atomic E-state index is 12.9. The van der Waals surface area contributed by atoms with E-state index in [4.69, 9.17) is 0 Å². The Bertz CT molecular complexity index is 805. The molecule has 0 bridgehead atoms. The van der Waals surface area contributed by atoms with E-state index in [0.717, 1.165) is 30.5 Å². The zero-order valence-corrected chi connectivity index (χ0v) is 14.4. The molecule has 0 unspecified atom stereocenters. The second-order valence-corrected chi connectivity index (χ2v) is 6.85. The van der Waals surface area contributed by atoms with Crippen molar-refractivity contribution in [2.24, 2.45) is 0 Å². The Morgan fingerprint density at radius 1 is 0.960 bits per heavy atom. The van der Waals surface area contributed by atoms with Crippen molar-refractivity contribution in [2.45, 2.75) is 44.7 Å². The standard InChI is InChI=1S/C21H22N2O2/c1-2-14-7-5-6-10-19(14)23-20(24)13-18(21(23)25)22-17-11-15-8-3-4-9-16(15)12-17/h3-10,17-18,22H,2,11-13H2,1H3/t18-/m1/s1. The molecule has 2 aromatic rings. The number of para-hydroxylation sites is 1. The van der Waals surface area contributed by atoms with Gasteiger partial charge >= 0.3 is 0 Å². The Morgan fingerprint density at radius 2 is 1.60 bits per heavy atom. The lowest BCUT2D eigenvalue weighted by atomic mass is 10.1. The molecule has 0 aromatic heterocycles. The van der Waals surface area contributed by atoms with Gasteiger partial charge in [0.25, 0.3) is 5.91 Å². The third-order valence-electron chi connectivity index (χ3n) is 5.25. The van der Waals surface area contributed by atoms with Crippen LogP contribution in [0.4, 0.5) is 5.69 Å². The van der Waals surface area contributed by atoms with E-state index in [1.165, 1.54) is 16.0 Å². The molecule has 1 fully saturated rings. The highest BCUT2D eigenvalue weighted by Gasteiger charge is 2.41. The predicted molar refractivity (Wildman–Crippen MR) is 97.5 cm³/mol. The number of nitrogens with one attached hydrogen (secondary N) is 1. The second kappa shape index (κ2) is 6.45. The highest BCUT2D eigenvalue weighted by Crippen LogP contribution is 2.28. The van der Waals surface area contributed by atoms with Crippen molar-refractivity contribution < 1.29 is 9.59 Å². The lowest BCUT2D eigenvalue weighted by Crippen LogP contribution is -2.44. The average Bonchev–Trinajstić information content (AvgIpc) is 3.15. The van der Waals surface area contributed by atoms with Gasteiger partial charge in [-0.05, 0) is 42.0 Å². The molecule has 0 saturated carbocycles. The van der Waals surface area contributed by atoms with Crippen LogP contribution in [0.1, 0.15) is 30.0 Å². The van der Waals surface area contributed by atoms with Crippen LogP contribution in [0.25, 0.3) is 0 Å². The first kappa shape index (κ1) is 16.0. The fraction of sp³-hybridized carbons (Fsp3) is 0.333. The van der Waals surface area contributed by atoms with Gasteiger partial charge in [-0.1, -0.05) is 49.4 Å². The average molecular weight is 334 g/mol. The van der Waals surface area contributed by atoms with Crippen molar-refractivity contribution in [2.75, 3.05) is 4.90 Å². The number of nitrogens with zero attached hydrogens (tertiary/aromatic N) is 1. The quantitative estimate of drug-likeness (QED) is 0.875. The number of amides is 2. The number of imide groups is 1. The van der Waals surface area contributed by atoms with Gasteiger partial charge in [0.15, 0.2) is 0 Å². The Balaban J connectivity index is 1.51. The monoisotopic (exact) mass is 334 g/mol. The van der Waals surface area contributed by atoms with E-state index in [1.54, 1.807) is 0 Å². The highest BCUT2D eigenvalue weighted by atomic mass is 16.2. The number of hydrogen-bond acceptors (Lipinski definition) is 3. The normalized spacial score (nSPS) is 20.4. The summed E-state index contributed by atoms with van der Waals surface area (Å²) >= 11 is 0. The van der Waals surface area contributed by atoms with E-state index in [2.05, 4.69) is 29.6 Å². The minimum atomic E-state index is -0.420. The molecule has 2 amide bonds. The molecule has 4 rings (SSSR count). The lowest BCUT2D eigenvalue weighted by molar-refractivity contribution is -0.121. The van der Waals surface area contributed by atoms with E-state index in [1.807, 2.05) is 31.2 Å². The fourth-order valence-electron chi connectivity index (χ4n) is 4.00. The molecule has 1 heterocycles. The van der Waals surface area contributed by atoms with Gasteiger partial charge in [-0.2, -0.15) is 0 Å². The molecule has 128 valence electrons. The van der Waals surface area contributed by atoms with Gasteiger partial charge in [-0.15, -0.1) is 0 Å². The third kappa shape index (κ3) is 2.87. The first-order chi connectivity index (χ1) is 12.2. The predicted octanol–water partition coefficient (Wildman–Crippen LogP) is 2.64. The summed E-state index contributed by atoms with van der Waals surface area (Å²) in [5.74, 6) is -0.235. The largest absolute Gasteiger partial charge is 0.302 e. The van der Waals surface area contributed by atoms with E-state index in [-0.39, 0.29) is 24.3 Å². The third-order valence-corrected chi connectivity index (χ3v) is 5.25. The summed E-state index contributed by atoms with van der Waals surface area (Å²) in [6.07, 6.45) is 2.87. The van der Waals surface area contributed by atoms with Gasteiger partial charge in [0.1, 0.15) is 0 Å². The van der Waals surface area contributed by atoms with Crippen molar-refractivity contribution in [1.29, 1.82) is 0 Å². The molecule has 1 N–H and O–H groups in total. The van der Waals surface area contributed by atoms with Crippen LogP contribution in [0.3, 0.4) is 0 Å². The SMILES string of the molecule is CCc1ccccc1N1C(=O)C[C@@H](NC2Cc3ccccc3C2)C1=O. The number of anilines is 1. The molecule has 4 heteroatoms. The smallest absolute Gasteiger partial charge is 0.251 e. The van der Waals surface area contributed by atoms with E-state index < -0.39 is 6.04 Å². The number of rotatable bonds is 4.